The fourth-order valence-corrected chi connectivity index (χ4v) is 3.11. The number of anilines is 1. The molecule has 0 radical (unpaired) electrons. The van der Waals surface area contributed by atoms with Crippen LogP contribution in [0.2, 0.25) is 0 Å². The molecule has 0 aliphatic rings. The molecule has 0 saturated heterocycles. The van der Waals surface area contributed by atoms with Crippen LogP contribution < -0.4 is 11.1 Å². The predicted octanol–water partition coefficient (Wildman–Crippen LogP) is 2.61. The van der Waals surface area contributed by atoms with E-state index in [1.54, 1.807) is 0 Å². The predicted molar refractivity (Wildman–Crippen MR) is 84.6 cm³/mol. The molecule has 0 aliphatic carbocycles. The number of nitrogens with two attached hydrogens (primary N) is 1. The van der Waals surface area contributed by atoms with E-state index in [0.717, 1.165) is 10.1 Å². The Labute approximate surface area is 127 Å². The van der Waals surface area contributed by atoms with Gasteiger partial charge in [-0.25, -0.2) is 4.79 Å². The van der Waals surface area contributed by atoms with Gasteiger partial charge in [0.1, 0.15) is 4.88 Å². The summed E-state index contributed by atoms with van der Waals surface area (Å²) in [6.45, 7) is 2.26. The molecule has 0 saturated carbocycles. The number of benzene rings is 1. The van der Waals surface area contributed by atoms with Gasteiger partial charge in [-0.05, 0) is 19.0 Å². The molecule has 5 nitrogen and oxygen atoms in total. The zero-order chi connectivity index (χ0) is 15.4. The number of nitrogens with one attached hydrogen (secondary N) is 1. The second-order valence-electron chi connectivity index (χ2n) is 4.76. The maximum absolute atomic E-state index is 12.2. The summed E-state index contributed by atoms with van der Waals surface area (Å²) >= 11 is 1.31. The first-order valence-corrected chi connectivity index (χ1v) is 7.51. The third kappa shape index (κ3) is 3.22. The minimum atomic E-state index is -0.446. The lowest BCUT2D eigenvalue weighted by molar-refractivity contribution is -0.119. The lowest BCUT2D eigenvalue weighted by atomic mass is 10.1. The fourth-order valence-electron chi connectivity index (χ4n) is 2.03. The number of hydrogen-bond donors (Lipinski definition) is 2. The minimum Gasteiger partial charge on any atom is -0.465 e. The summed E-state index contributed by atoms with van der Waals surface area (Å²) in [6, 6.07) is 7.55. The quantitative estimate of drug-likeness (QED) is 0.832. The number of fused-ring (bicyclic) bond motifs is 1. The number of hydrogen-bond acceptors (Lipinski definition) is 5. The van der Waals surface area contributed by atoms with Crippen molar-refractivity contribution in [3.05, 3.63) is 29.1 Å². The van der Waals surface area contributed by atoms with Gasteiger partial charge in [-0.2, -0.15) is 0 Å². The van der Waals surface area contributed by atoms with Crippen molar-refractivity contribution in [3.63, 3.8) is 0 Å². The van der Waals surface area contributed by atoms with Crippen molar-refractivity contribution in [2.24, 2.45) is 11.7 Å². The zero-order valence-corrected chi connectivity index (χ0v) is 12.8. The summed E-state index contributed by atoms with van der Waals surface area (Å²) in [6.07, 6.45) is 0.599. The Bertz CT molecular complexity index is 666. The van der Waals surface area contributed by atoms with E-state index in [4.69, 9.17) is 10.5 Å². The van der Waals surface area contributed by atoms with Crippen LogP contribution in [0.15, 0.2) is 24.3 Å². The number of thiophene rings is 1. The topological polar surface area (TPSA) is 81.4 Å². The number of carbonyl (C=O) groups excluding carboxylic acids is 2. The van der Waals surface area contributed by atoms with Gasteiger partial charge in [0, 0.05) is 16.0 Å². The number of methoxy groups -OCH3 is 1. The number of esters is 1. The van der Waals surface area contributed by atoms with Crippen LogP contribution in [0.25, 0.3) is 10.1 Å². The van der Waals surface area contributed by atoms with Gasteiger partial charge < -0.3 is 15.8 Å². The average molecular weight is 306 g/mol. The lowest BCUT2D eigenvalue weighted by Crippen LogP contribution is -2.23. The van der Waals surface area contributed by atoms with Crippen LogP contribution in [0.4, 0.5) is 5.69 Å². The molecule has 1 unspecified atom stereocenters. The van der Waals surface area contributed by atoms with Crippen LogP contribution >= 0.6 is 11.3 Å². The highest BCUT2D eigenvalue weighted by molar-refractivity contribution is 7.21. The van der Waals surface area contributed by atoms with E-state index in [9.17, 15) is 9.59 Å². The van der Waals surface area contributed by atoms with E-state index in [1.165, 1.54) is 18.4 Å². The van der Waals surface area contributed by atoms with Gasteiger partial charge in [-0.15, -0.1) is 11.3 Å². The molecule has 0 spiro atoms. The van der Waals surface area contributed by atoms with Gasteiger partial charge in [-0.3, -0.25) is 4.79 Å². The van der Waals surface area contributed by atoms with Gasteiger partial charge in [0.05, 0.1) is 12.8 Å². The molecule has 3 N–H and O–H groups in total. The first kappa shape index (κ1) is 15.5. The maximum atomic E-state index is 12.2. The highest BCUT2D eigenvalue weighted by atomic mass is 32.1. The summed E-state index contributed by atoms with van der Waals surface area (Å²) in [5.74, 6) is -0.800. The van der Waals surface area contributed by atoms with E-state index in [0.29, 0.717) is 23.5 Å². The molecule has 0 aliphatic heterocycles. The van der Waals surface area contributed by atoms with Crippen molar-refractivity contribution in [2.45, 2.75) is 13.3 Å². The van der Waals surface area contributed by atoms with Crippen molar-refractivity contribution in [3.8, 4) is 0 Å². The SMILES string of the molecule is COC(=O)c1sc2ccccc2c1NC(=O)C(C)CCN. The Hall–Kier alpha value is -1.92. The molecule has 1 aromatic carbocycles. The Morgan fingerprint density at radius 1 is 1.38 bits per heavy atom. The second-order valence-corrected chi connectivity index (χ2v) is 5.81. The van der Waals surface area contributed by atoms with Crippen LogP contribution in [0.1, 0.15) is 23.0 Å². The normalized spacial score (nSPS) is 12.1. The molecule has 1 amide bonds. The lowest BCUT2D eigenvalue weighted by Gasteiger charge is -2.11. The Kier molecular flexibility index (Phi) is 4.93. The highest BCUT2D eigenvalue weighted by Crippen LogP contribution is 2.36. The van der Waals surface area contributed by atoms with E-state index in [1.807, 2.05) is 31.2 Å². The van der Waals surface area contributed by atoms with E-state index >= 15 is 0 Å². The first-order chi connectivity index (χ1) is 10.1. The maximum Gasteiger partial charge on any atom is 0.350 e. The van der Waals surface area contributed by atoms with Crippen molar-refractivity contribution in [2.75, 3.05) is 19.0 Å². The molecule has 1 aromatic heterocycles. The van der Waals surface area contributed by atoms with Gasteiger partial charge in [-0.1, -0.05) is 25.1 Å². The number of ether oxygens (including phenoxy) is 1. The Morgan fingerprint density at radius 3 is 2.76 bits per heavy atom. The fraction of sp³-hybridized carbons (Fsp3) is 0.333. The summed E-state index contributed by atoms with van der Waals surface area (Å²) in [5, 5.41) is 3.69. The van der Waals surface area contributed by atoms with E-state index in [2.05, 4.69) is 5.32 Å². The van der Waals surface area contributed by atoms with Crippen LogP contribution in [-0.4, -0.2) is 25.5 Å². The van der Waals surface area contributed by atoms with Gasteiger partial charge >= 0.3 is 5.97 Å². The summed E-state index contributed by atoms with van der Waals surface area (Å²) in [5.41, 5.74) is 6.00. The molecule has 1 atom stereocenters. The molecule has 21 heavy (non-hydrogen) atoms. The number of carbonyl (C=O) groups is 2. The third-order valence-corrected chi connectivity index (χ3v) is 4.41. The first-order valence-electron chi connectivity index (χ1n) is 6.69. The van der Waals surface area contributed by atoms with E-state index in [-0.39, 0.29) is 11.8 Å². The molecule has 0 bridgehead atoms. The molecule has 1 heterocycles. The van der Waals surface area contributed by atoms with Crippen LogP contribution in [0, 0.1) is 5.92 Å². The molecule has 2 aromatic rings. The minimum absolute atomic E-state index is 0.144. The summed E-state index contributed by atoms with van der Waals surface area (Å²) in [7, 11) is 1.33. The standard InChI is InChI=1S/C15H18N2O3S/c1-9(7-8-16)14(18)17-12-10-5-3-4-6-11(10)21-13(12)15(19)20-2/h3-6,9H,7-8,16H2,1-2H3,(H,17,18). The van der Waals surface area contributed by atoms with Gasteiger partial charge in [0.2, 0.25) is 5.91 Å². The van der Waals surface area contributed by atoms with Crippen molar-refractivity contribution >= 4 is 39.0 Å². The molecule has 112 valence electrons. The monoisotopic (exact) mass is 306 g/mol. The molecule has 2 rings (SSSR count). The van der Waals surface area contributed by atoms with E-state index < -0.39 is 5.97 Å². The molecule has 0 fully saturated rings. The van der Waals surface area contributed by atoms with Crippen molar-refractivity contribution in [1.82, 2.24) is 0 Å². The smallest absolute Gasteiger partial charge is 0.350 e. The van der Waals surface area contributed by atoms with Gasteiger partial charge in [0.25, 0.3) is 0 Å². The molecular formula is C15H18N2O3S. The van der Waals surface area contributed by atoms with Crippen molar-refractivity contribution < 1.29 is 14.3 Å². The highest BCUT2D eigenvalue weighted by Gasteiger charge is 2.22. The zero-order valence-electron chi connectivity index (χ0n) is 12.0. The van der Waals surface area contributed by atoms with Gasteiger partial charge in [0.15, 0.2) is 0 Å². The average Bonchev–Trinajstić information content (AvgIpc) is 2.85. The van der Waals surface area contributed by atoms with Crippen LogP contribution in [-0.2, 0) is 9.53 Å². The van der Waals surface area contributed by atoms with Crippen molar-refractivity contribution in [1.29, 1.82) is 0 Å². The number of amides is 1. The Balaban J connectivity index is 2.41. The second kappa shape index (κ2) is 6.69. The largest absolute Gasteiger partial charge is 0.465 e. The van der Waals surface area contributed by atoms with Crippen LogP contribution in [0.5, 0.6) is 0 Å². The molecule has 6 heteroatoms. The molecular weight excluding hydrogens is 288 g/mol. The third-order valence-electron chi connectivity index (χ3n) is 3.26. The Morgan fingerprint density at radius 2 is 2.10 bits per heavy atom. The van der Waals surface area contributed by atoms with Crippen LogP contribution in [0.3, 0.4) is 0 Å². The summed E-state index contributed by atoms with van der Waals surface area (Å²) in [4.78, 5) is 24.5. The summed E-state index contributed by atoms with van der Waals surface area (Å²) < 4.78 is 5.73. The number of rotatable bonds is 5.